The molecule has 0 fully saturated rings. The molecule has 0 unspecified atom stereocenters. The number of aryl methyl sites for hydroxylation is 1. The molecule has 0 aromatic carbocycles. The van der Waals surface area contributed by atoms with Crippen molar-refractivity contribution in [3.05, 3.63) is 24.0 Å². The van der Waals surface area contributed by atoms with E-state index >= 15 is 0 Å². The van der Waals surface area contributed by atoms with Crippen molar-refractivity contribution < 1.29 is 5.11 Å². The second-order valence-corrected chi connectivity index (χ2v) is 3.46. The summed E-state index contributed by atoms with van der Waals surface area (Å²) in [6.07, 6.45) is 4.25. The maximum absolute atomic E-state index is 8.87. The average Bonchev–Trinajstić information content (AvgIpc) is 2.90. The van der Waals surface area contributed by atoms with Crippen molar-refractivity contribution in [3.8, 4) is 0 Å². The Labute approximate surface area is 92.7 Å². The zero-order valence-electron chi connectivity index (χ0n) is 9.11. The summed E-state index contributed by atoms with van der Waals surface area (Å²) in [7, 11) is 0. The number of aliphatic hydroxyl groups excluding tert-OH is 1. The van der Waals surface area contributed by atoms with E-state index in [0.29, 0.717) is 12.2 Å². The molecule has 2 heterocycles. The fourth-order valence-electron chi connectivity index (χ4n) is 1.44. The van der Waals surface area contributed by atoms with Gasteiger partial charge in [0.1, 0.15) is 24.4 Å². The maximum Gasteiger partial charge on any atom is 0.148 e. The third-order valence-electron chi connectivity index (χ3n) is 2.18. The lowest BCUT2D eigenvalue weighted by molar-refractivity contribution is 0.276. The van der Waals surface area contributed by atoms with E-state index in [0.717, 1.165) is 18.8 Å². The SMILES string of the molecule is CCCn1ncnc1Cn1cc(CO)nn1. The first-order valence-electron chi connectivity index (χ1n) is 5.20. The molecular weight excluding hydrogens is 208 g/mol. The molecular formula is C9H14N6O. The van der Waals surface area contributed by atoms with E-state index in [1.54, 1.807) is 10.9 Å². The fourth-order valence-corrected chi connectivity index (χ4v) is 1.44. The van der Waals surface area contributed by atoms with Crippen molar-refractivity contribution in [2.75, 3.05) is 0 Å². The van der Waals surface area contributed by atoms with Gasteiger partial charge in [-0.25, -0.2) is 14.3 Å². The molecule has 7 nitrogen and oxygen atoms in total. The van der Waals surface area contributed by atoms with Crippen molar-refractivity contribution in [2.45, 2.75) is 33.0 Å². The van der Waals surface area contributed by atoms with Crippen molar-refractivity contribution >= 4 is 0 Å². The maximum atomic E-state index is 8.87. The van der Waals surface area contributed by atoms with Gasteiger partial charge < -0.3 is 5.11 Å². The van der Waals surface area contributed by atoms with E-state index in [4.69, 9.17) is 5.11 Å². The fraction of sp³-hybridized carbons (Fsp3) is 0.556. The second kappa shape index (κ2) is 4.84. The first-order chi connectivity index (χ1) is 7.83. The van der Waals surface area contributed by atoms with E-state index in [2.05, 4.69) is 27.3 Å². The highest BCUT2D eigenvalue weighted by Gasteiger charge is 2.06. The van der Waals surface area contributed by atoms with Crippen molar-refractivity contribution in [3.63, 3.8) is 0 Å². The summed E-state index contributed by atoms with van der Waals surface area (Å²) in [5, 5.41) is 20.7. The van der Waals surface area contributed by atoms with Gasteiger partial charge in [0.2, 0.25) is 0 Å². The molecule has 2 aromatic heterocycles. The lowest BCUT2D eigenvalue weighted by atomic mass is 10.4. The van der Waals surface area contributed by atoms with E-state index in [9.17, 15) is 0 Å². The molecule has 0 bridgehead atoms. The lowest BCUT2D eigenvalue weighted by Gasteiger charge is -2.03. The molecule has 16 heavy (non-hydrogen) atoms. The van der Waals surface area contributed by atoms with Gasteiger partial charge in [-0.05, 0) is 6.42 Å². The molecule has 0 saturated carbocycles. The summed E-state index contributed by atoms with van der Waals surface area (Å²) in [4.78, 5) is 4.17. The van der Waals surface area contributed by atoms with Gasteiger partial charge in [0.25, 0.3) is 0 Å². The van der Waals surface area contributed by atoms with E-state index in [-0.39, 0.29) is 6.61 Å². The number of rotatable bonds is 5. The van der Waals surface area contributed by atoms with Crippen LogP contribution in [0.1, 0.15) is 24.9 Å². The van der Waals surface area contributed by atoms with Gasteiger partial charge in [0.05, 0.1) is 12.8 Å². The normalized spacial score (nSPS) is 10.9. The molecule has 1 N–H and O–H groups in total. The molecule has 0 atom stereocenters. The molecule has 2 aromatic rings. The largest absolute Gasteiger partial charge is 0.390 e. The molecule has 7 heteroatoms. The number of hydrogen-bond acceptors (Lipinski definition) is 5. The summed E-state index contributed by atoms with van der Waals surface area (Å²) in [6, 6.07) is 0. The van der Waals surface area contributed by atoms with Crippen LogP contribution in [-0.4, -0.2) is 34.9 Å². The third-order valence-corrected chi connectivity index (χ3v) is 2.18. The molecule has 86 valence electrons. The average molecular weight is 222 g/mol. The molecule has 0 aliphatic rings. The quantitative estimate of drug-likeness (QED) is 0.759. The topological polar surface area (TPSA) is 81.7 Å². The Kier molecular flexibility index (Phi) is 3.25. The molecule has 0 radical (unpaired) electrons. The van der Waals surface area contributed by atoms with Gasteiger partial charge in [0, 0.05) is 6.54 Å². The van der Waals surface area contributed by atoms with Crippen LogP contribution in [-0.2, 0) is 19.7 Å². The number of hydrogen-bond donors (Lipinski definition) is 1. The Hall–Kier alpha value is -1.76. The van der Waals surface area contributed by atoms with Crippen LogP contribution < -0.4 is 0 Å². The number of aliphatic hydroxyl groups is 1. The molecule has 0 saturated heterocycles. The highest BCUT2D eigenvalue weighted by atomic mass is 16.3. The second-order valence-electron chi connectivity index (χ2n) is 3.46. The van der Waals surface area contributed by atoms with E-state index in [1.807, 2.05) is 4.68 Å². The number of nitrogens with zero attached hydrogens (tertiary/aromatic N) is 6. The van der Waals surface area contributed by atoms with Crippen molar-refractivity contribution in [2.24, 2.45) is 0 Å². The van der Waals surface area contributed by atoms with Crippen LogP contribution in [0.15, 0.2) is 12.5 Å². The highest BCUT2D eigenvalue weighted by molar-refractivity contribution is 4.92. The summed E-state index contributed by atoms with van der Waals surface area (Å²) < 4.78 is 3.49. The van der Waals surface area contributed by atoms with Crippen LogP contribution in [0.25, 0.3) is 0 Å². The van der Waals surface area contributed by atoms with Gasteiger partial charge in [-0.1, -0.05) is 12.1 Å². The minimum atomic E-state index is -0.0956. The van der Waals surface area contributed by atoms with E-state index < -0.39 is 0 Å². The van der Waals surface area contributed by atoms with Crippen LogP contribution >= 0.6 is 0 Å². The zero-order valence-corrected chi connectivity index (χ0v) is 9.11. The Morgan fingerprint density at radius 1 is 1.44 bits per heavy atom. The third kappa shape index (κ3) is 2.25. The molecule has 2 rings (SSSR count). The highest BCUT2D eigenvalue weighted by Crippen LogP contribution is 2.00. The van der Waals surface area contributed by atoms with E-state index in [1.165, 1.54) is 6.33 Å². The predicted molar refractivity (Wildman–Crippen MR) is 55.4 cm³/mol. The van der Waals surface area contributed by atoms with Crippen LogP contribution in [0.3, 0.4) is 0 Å². The van der Waals surface area contributed by atoms with Gasteiger partial charge in [0.15, 0.2) is 0 Å². The summed E-state index contributed by atoms with van der Waals surface area (Å²) in [6.45, 7) is 3.36. The smallest absolute Gasteiger partial charge is 0.148 e. The molecule has 0 amide bonds. The van der Waals surface area contributed by atoms with Gasteiger partial charge in [-0.2, -0.15) is 5.10 Å². The molecule has 0 spiro atoms. The van der Waals surface area contributed by atoms with Gasteiger partial charge in [-0.15, -0.1) is 5.10 Å². The summed E-state index contributed by atoms with van der Waals surface area (Å²) in [5.74, 6) is 0.844. The monoisotopic (exact) mass is 222 g/mol. The van der Waals surface area contributed by atoms with Crippen LogP contribution in [0.4, 0.5) is 0 Å². The summed E-state index contributed by atoms with van der Waals surface area (Å²) in [5.41, 5.74) is 0.557. The zero-order chi connectivity index (χ0) is 11.4. The Morgan fingerprint density at radius 3 is 3.00 bits per heavy atom. The predicted octanol–water partition coefficient (Wildman–Crippen LogP) is -0.180. The first kappa shape index (κ1) is 10.7. The van der Waals surface area contributed by atoms with Crippen LogP contribution in [0.2, 0.25) is 0 Å². The summed E-state index contributed by atoms with van der Waals surface area (Å²) >= 11 is 0. The standard InChI is InChI=1S/C9H14N6O/c1-2-3-15-9(10-7-11-15)5-14-4-8(6-16)12-13-14/h4,7,16H,2-3,5-6H2,1H3. The minimum Gasteiger partial charge on any atom is -0.390 e. The Balaban J connectivity index is 2.10. The lowest BCUT2D eigenvalue weighted by Crippen LogP contribution is -2.10. The van der Waals surface area contributed by atoms with Crippen LogP contribution in [0, 0.1) is 0 Å². The number of aromatic nitrogens is 6. The minimum absolute atomic E-state index is 0.0956. The van der Waals surface area contributed by atoms with Crippen molar-refractivity contribution in [1.82, 2.24) is 29.8 Å². The first-order valence-corrected chi connectivity index (χ1v) is 5.20. The Bertz CT molecular complexity index is 448. The van der Waals surface area contributed by atoms with Crippen LogP contribution in [0.5, 0.6) is 0 Å². The Morgan fingerprint density at radius 2 is 2.31 bits per heavy atom. The van der Waals surface area contributed by atoms with Gasteiger partial charge in [-0.3, -0.25) is 0 Å². The molecule has 0 aliphatic heterocycles. The molecule has 0 aliphatic carbocycles. The van der Waals surface area contributed by atoms with Crippen molar-refractivity contribution in [1.29, 1.82) is 0 Å². The van der Waals surface area contributed by atoms with Gasteiger partial charge >= 0.3 is 0 Å².